The summed E-state index contributed by atoms with van der Waals surface area (Å²) in [5.41, 5.74) is 1.71. The van der Waals surface area contributed by atoms with Crippen molar-refractivity contribution in [3.63, 3.8) is 0 Å². The van der Waals surface area contributed by atoms with Crippen LogP contribution in [0.4, 0.5) is 0 Å². The molecule has 1 unspecified atom stereocenters. The number of rotatable bonds is 6. The molecule has 158 valence electrons. The summed E-state index contributed by atoms with van der Waals surface area (Å²) in [5, 5.41) is 0. The molecule has 0 spiro atoms. The number of benzene rings is 2. The van der Waals surface area contributed by atoms with Crippen LogP contribution in [0.1, 0.15) is 30.4 Å². The van der Waals surface area contributed by atoms with E-state index in [9.17, 15) is 13.2 Å². The molecule has 0 saturated carbocycles. The second kappa shape index (κ2) is 8.47. The highest BCUT2D eigenvalue weighted by atomic mass is 32.2. The fourth-order valence-corrected chi connectivity index (χ4v) is 5.36. The first-order valence-electron chi connectivity index (χ1n) is 10.1. The predicted octanol–water partition coefficient (Wildman–Crippen LogP) is 2.36. The molecule has 0 aliphatic carbocycles. The lowest BCUT2D eigenvalue weighted by Crippen LogP contribution is -2.37. The lowest BCUT2D eigenvalue weighted by Gasteiger charge is -2.25. The minimum Gasteiger partial charge on any atom is -0.497 e. The van der Waals surface area contributed by atoms with E-state index < -0.39 is 10.0 Å². The number of nitrogens with zero attached hydrogens (tertiary/aromatic N) is 2. The van der Waals surface area contributed by atoms with E-state index in [-0.39, 0.29) is 29.8 Å². The van der Waals surface area contributed by atoms with Crippen LogP contribution in [0.5, 0.6) is 5.75 Å². The molecule has 1 atom stereocenters. The minimum absolute atomic E-state index is 0.0545. The lowest BCUT2D eigenvalue weighted by molar-refractivity contribution is -0.131. The number of amides is 1. The first-order valence-corrected chi connectivity index (χ1v) is 11.6. The normalized spacial score (nSPS) is 20.8. The number of amidine groups is 1. The standard InChI is InChI=1S/C22H25N3O4S/c1-29-18-8-4-6-16(15-18)14-17-7-5-13-25(17)21(26)11-12-23-22-19-9-2-3-10-20(19)30(27,28)24-22/h2-4,6,8-10,15,17H,5,7,11-14H2,1H3,(H,23,24). The van der Waals surface area contributed by atoms with Gasteiger partial charge in [-0.2, -0.15) is 0 Å². The molecule has 1 fully saturated rings. The minimum atomic E-state index is -3.56. The van der Waals surface area contributed by atoms with Gasteiger partial charge in [0.2, 0.25) is 5.91 Å². The molecule has 1 amide bonds. The molecule has 2 aromatic rings. The van der Waals surface area contributed by atoms with Crippen molar-refractivity contribution in [1.82, 2.24) is 9.62 Å². The first-order chi connectivity index (χ1) is 14.5. The second-order valence-electron chi connectivity index (χ2n) is 7.52. The number of likely N-dealkylation sites (tertiary alicyclic amines) is 1. The highest BCUT2D eigenvalue weighted by Crippen LogP contribution is 2.24. The smallest absolute Gasteiger partial charge is 0.263 e. The number of aliphatic imine (C=N–C) groups is 1. The second-order valence-corrected chi connectivity index (χ2v) is 9.17. The summed E-state index contributed by atoms with van der Waals surface area (Å²) < 4.78 is 32.1. The summed E-state index contributed by atoms with van der Waals surface area (Å²) in [6.07, 6.45) is 3.01. The number of sulfonamides is 1. The summed E-state index contributed by atoms with van der Waals surface area (Å²) in [6, 6.07) is 14.8. The number of ether oxygens (including phenoxy) is 1. The van der Waals surface area contributed by atoms with Gasteiger partial charge in [-0.3, -0.25) is 14.5 Å². The van der Waals surface area contributed by atoms with E-state index >= 15 is 0 Å². The SMILES string of the molecule is COc1cccc(CC2CCCN2C(=O)CCN=C2NS(=O)(=O)c3ccccc32)c1. The average Bonchev–Trinajstić information content (AvgIpc) is 3.30. The molecule has 4 rings (SSSR count). The summed E-state index contributed by atoms with van der Waals surface area (Å²) in [5.74, 6) is 1.19. The van der Waals surface area contributed by atoms with Gasteiger partial charge in [-0.25, -0.2) is 8.42 Å². The van der Waals surface area contributed by atoms with E-state index in [1.807, 2.05) is 23.1 Å². The third kappa shape index (κ3) is 4.18. The van der Waals surface area contributed by atoms with E-state index in [0.717, 1.165) is 37.1 Å². The number of hydrogen-bond acceptors (Lipinski definition) is 5. The van der Waals surface area contributed by atoms with Crippen LogP contribution in [-0.2, 0) is 21.2 Å². The van der Waals surface area contributed by atoms with Crippen LogP contribution in [0.3, 0.4) is 0 Å². The fourth-order valence-electron chi connectivity index (χ4n) is 4.11. The number of carbonyl (C=O) groups is 1. The quantitative estimate of drug-likeness (QED) is 0.767. The van der Waals surface area contributed by atoms with Gasteiger partial charge in [0.15, 0.2) is 0 Å². The van der Waals surface area contributed by atoms with Crippen molar-refractivity contribution >= 4 is 21.8 Å². The average molecular weight is 428 g/mol. The Morgan fingerprint density at radius 1 is 1.23 bits per heavy atom. The molecule has 30 heavy (non-hydrogen) atoms. The molecule has 2 aliphatic heterocycles. The number of carbonyl (C=O) groups excluding carboxylic acids is 1. The van der Waals surface area contributed by atoms with Crippen molar-refractivity contribution in [2.24, 2.45) is 4.99 Å². The number of hydrogen-bond donors (Lipinski definition) is 1. The lowest BCUT2D eigenvalue weighted by atomic mass is 10.0. The summed E-state index contributed by atoms with van der Waals surface area (Å²) in [6.45, 7) is 0.993. The van der Waals surface area contributed by atoms with Gasteiger partial charge in [0.1, 0.15) is 11.6 Å². The van der Waals surface area contributed by atoms with Crippen molar-refractivity contribution in [3.8, 4) is 5.75 Å². The predicted molar refractivity (Wildman–Crippen MR) is 114 cm³/mol. The monoisotopic (exact) mass is 427 g/mol. The van der Waals surface area contributed by atoms with Crippen LogP contribution in [0, 0.1) is 0 Å². The van der Waals surface area contributed by atoms with Gasteiger partial charge in [0.25, 0.3) is 10.0 Å². The van der Waals surface area contributed by atoms with Gasteiger partial charge in [-0.1, -0.05) is 24.3 Å². The first kappa shape index (κ1) is 20.4. The van der Waals surface area contributed by atoms with Crippen molar-refractivity contribution in [2.75, 3.05) is 20.2 Å². The van der Waals surface area contributed by atoms with Gasteiger partial charge < -0.3 is 9.64 Å². The molecule has 2 aromatic carbocycles. The topological polar surface area (TPSA) is 88.1 Å². The van der Waals surface area contributed by atoms with E-state index in [0.29, 0.717) is 11.4 Å². The molecule has 1 saturated heterocycles. The molecular formula is C22H25N3O4S. The molecule has 1 N–H and O–H groups in total. The van der Waals surface area contributed by atoms with Crippen molar-refractivity contribution in [1.29, 1.82) is 0 Å². The molecule has 7 nitrogen and oxygen atoms in total. The van der Waals surface area contributed by atoms with Crippen molar-refractivity contribution in [2.45, 2.75) is 36.6 Å². The number of nitrogens with one attached hydrogen (secondary N) is 1. The van der Waals surface area contributed by atoms with Crippen LogP contribution in [0.2, 0.25) is 0 Å². The van der Waals surface area contributed by atoms with Gasteiger partial charge in [-0.15, -0.1) is 0 Å². The Hall–Kier alpha value is -2.87. The Kier molecular flexibility index (Phi) is 5.76. The van der Waals surface area contributed by atoms with Crippen LogP contribution in [0.25, 0.3) is 0 Å². The van der Waals surface area contributed by atoms with E-state index in [4.69, 9.17) is 4.74 Å². The molecular weight excluding hydrogens is 402 g/mol. The third-order valence-corrected chi connectivity index (χ3v) is 6.96. The van der Waals surface area contributed by atoms with Gasteiger partial charge in [0.05, 0.1) is 18.6 Å². The van der Waals surface area contributed by atoms with Crippen LogP contribution >= 0.6 is 0 Å². The Morgan fingerprint density at radius 2 is 2.07 bits per heavy atom. The Bertz CT molecular complexity index is 1080. The van der Waals surface area contributed by atoms with Crippen molar-refractivity contribution in [3.05, 3.63) is 59.7 Å². The molecule has 8 heteroatoms. The number of fused-ring (bicyclic) bond motifs is 1. The summed E-state index contributed by atoms with van der Waals surface area (Å²) in [7, 11) is -1.91. The van der Waals surface area contributed by atoms with E-state index in [1.54, 1.807) is 31.4 Å². The zero-order valence-electron chi connectivity index (χ0n) is 16.9. The number of methoxy groups -OCH3 is 1. The van der Waals surface area contributed by atoms with Crippen molar-refractivity contribution < 1.29 is 17.9 Å². The maximum Gasteiger partial charge on any atom is 0.263 e. The molecule has 2 aliphatic rings. The Morgan fingerprint density at radius 3 is 2.90 bits per heavy atom. The fraction of sp³-hybridized carbons (Fsp3) is 0.364. The molecule has 0 radical (unpaired) electrons. The summed E-state index contributed by atoms with van der Waals surface area (Å²) in [4.78, 5) is 19.3. The van der Waals surface area contributed by atoms with E-state index in [2.05, 4.69) is 15.8 Å². The molecule has 0 aromatic heterocycles. The van der Waals surface area contributed by atoms with Crippen LogP contribution in [-0.4, -0.2) is 51.3 Å². The zero-order valence-corrected chi connectivity index (χ0v) is 17.7. The largest absolute Gasteiger partial charge is 0.497 e. The molecule has 2 heterocycles. The van der Waals surface area contributed by atoms with Crippen LogP contribution < -0.4 is 9.46 Å². The Balaban J connectivity index is 1.39. The summed E-state index contributed by atoms with van der Waals surface area (Å²) >= 11 is 0. The maximum absolute atomic E-state index is 12.8. The van der Waals surface area contributed by atoms with Gasteiger partial charge >= 0.3 is 0 Å². The van der Waals surface area contributed by atoms with Crippen LogP contribution in [0.15, 0.2) is 58.4 Å². The Labute approximate surface area is 176 Å². The van der Waals surface area contributed by atoms with E-state index in [1.165, 1.54) is 0 Å². The molecule has 0 bridgehead atoms. The third-order valence-electron chi connectivity index (χ3n) is 5.56. The van der Waals surface area contributed by atoms with Gasteiger partial charge in [0, 0.05) is 24.6 Å². The van der Waals surface area contributed by atoms with Gasteiger partial charge in [-0.05, 0) is 49.1 Å². The highest BCUT2D eigenvalue weighted by molar-refractivity contribution is 7.90. The highest BCUT2D eigenvalue weighted by Gasteiger charge is 2.31. The maximum atomic E-state index is 12.8. The zero-order chi connectivity index (χ0) is 21.1.